The number of benzene rings is 1. The van der Waals surface area contributed by atoms with Crippen LogP contribution in [0.15, 0.2) is 18.2 Å². The lowest BCUT2D eigenvalue weighted by molar-refractivity contribution is 0.0931. The van der Waals surface area contributed by atoms with Gasteiger partial charge in [0.15, 0.2) is 0 Å². The maximum absolute atomic E-state index is 12.1. The minimum atomic E-state index is -0.0656. The van der Waals surface area contributed by atoms with Crippen LogP contribution in [0.2, 0.25) is 0 Å². The third-order valence-corrected chi connectivity index (χ3v) is 3.56. The minimum absolute atomic E-state index is 0.0656. The van der Waals surface area contributed by atoms with Gasteiger partial charge in [-0.25, -0.2) is 0 Å². The predicted molar refractivity (Wildman–Crippen MR) is 75.4 cm³/mol. The fourth-order valence-electron chi connectivity index (χ4n) is 2.60. The van der Waals surface area contributed by atoms with E-state index < -0.39 is 0 Å². The molecule has 0 aliphatic carbocycles. The standard InChI is InChI=1S/C15H22N2O2/c1-11-9-13(18)5-6-14(11)15(19)16-12(2)10-17-7-3-4-8-17/h5-6,9,12,18H,3-4,7-8,10H2,1-2H3,(H,16,19). The maximum Gasteiger partial charge on any atom is 0.251 e. The van der Waals surface area contributed by atoms with Crippen molar-refractivity contribution in [3.63, 3.8) is 0 Å². The summed E-state index contributed by atoms with van der Waals surface area (Å²) in [6.07, 6.45) is 2.52. The van der Waals surface area contributed by atoms with Gasteiger partial charge in [0.2, 0.25) is 0 Å². The zero-order chi connectivity index (χ0) is 13.8. The van der Waals surface area contributed by atoms with E-state index in [9.17, 15) is 9.90 Å². The van der Waals surface area contributed by atoms with E-state index in [1.807, 2.05) is 13.8 Å². The van der Waals surface area contributed by atoms with Crippen LogP contribution in [-0.2, 0) is 0 Å². The molecule has 1 unspecified atom stereocenters. The summed E-state index contributed by atoms with van der Waals surface area (Å²) in [7, 11) is 0. The lowest BCUT2D eigenvalue weighted by Crippen LogP contribution is -2.41. The van der Waals surface area contributed by atoms with Crippen LogP contribution in [0.1, 0.15) is 35.7 Å². The van der Waals surface area contributed by atoms with Crippen molar-refractivity contribution in [2.24, 2.45) is 0 Å². The number of phenols is 1. The van der Waals surface area contributed by atoms with Crippen LogP contribution >= 0.6 is 0 Å². The molecular formula is C15H22N2O2. The van der Waals surface area contributed by atoms with Crippen LogP contribution in [0, 0.1) is 6.92 Å². The molecule has 1 aliphatic heterocycles. The normalized spacial score (nSPS) is 17.4. The molecule has 1 fully saturated rings. The zero-order valence-electron chi connectivity index (χ0n) is 11.6. The summed E-state index contributed by atoms with van der Waals surface area (Å²) in [5.74, 6) is 0.128. The minimum Gasteiger partial charge on any atom is -0.508 e. The molecule has 2 rings (SSSR count). The first-order chi connectivity index (χ1) is 9.06. The number of phenolic OH excluding ortho intramolecular Hbond substituents is 1. The molecular weight excluding hydrogens is 240 g/mol. The number of carbonyl (C=O) groups is 1. The Morgan fingerprint density at radius 2 is 2.11 bits per heavy atom. The number of nitrogens with one attached hydrogen (secondary N) is 1. The highest BCUT2D eigenvalue weighted by Gasteiger charge is 2.17. The van der Waals surface area contributed by atoms with Gasteiger partial charge in [-0.3, -0.25) is 4.79 Å². The van der Waals surface area contributed by atoms with E-state index in [1.165, 1.54) is 12.8 Å². The van der Waals surface area contributed by atoms with Gasteiger partial charge in [0.25, 0.3) is 5.91 Å². The highest BCUT2D eigenvalue weighted by atomic mass is 16.3. The van der Waals surface area contributed by atoms with E-state index in [0.717, 1.165) is 25.2 Å². The van der Waals surface area contributed by atoms with Gasteiger partial charge in [-0.2, -0.15) is 0 Å². The summed E-state index contributed by atoms with van der Waals surface area (Å²) >= 11 is 0. The molecule has 0 aromatic heterocycles. The fourth-order valence-corrected chi connectivity index (χ4v) is 2.60. The third-order valence-electron chi connectivity index (χ3n) is 3.56. The Morgan fingerprint density at radius 1 is 1.42 bits per heavy atom. The van der Waals surface area contributed by atoms with E-state index >= 15 is 0 Å². The van der Waals surface area contributed by atoms with Gasteiger partial charge in [0.05, 0.1) is 0 Å². The van der Waals surface area contributed by atoms with Crippen molar-refractivity contribution in [1.82, 2.24) is 10.2 Å². The third kappa shape index (κ3) is 3.70. The number of aryl methyl sites for hydroxylation is 1. The monoisotopic (exact) mass is 262 g/mol. The molecule has 1 aromatic carbocycles. The van der Waals surface area contributed by atoms with Crippen LogP contribution in [0.5, 0.6) is 5.75 Å². The summed E-state index contributed by atoms with van der Waals surface area (Å²) in [6.45, 7) is 7.05. The van der Waals surface area contributed by atoms with E-state index in [4.69, 9.17) is 0 Å². The second-order valence-corrected chi connectivity index (χ2v) is 5.38. The molecule has 4 nitrogen and oxygen atoms in total. The molecule has 0 bridgehead atoms. The molecule has 2 N–H and O–H groups in total. The topological polar surface area (TPSA) is 52.6 Å². The number of likely N-dealkylation sites (tertiary alicyclic amines) is 1. The van der Waals surface area contributed by atoms with Gasteiger partial charge in [0, 0.05) is 18.2 Å². The van der Waals surface area contributed by atoms with Gasteiger partial charge in [-0.05, 0) is 63.5 Å². The molecule has 4 heteroatoms. The summed E-state index contributed by atoms with van der Waals surface area (Å²) in [4.78, 5) is 14.5. The quantitative estimate of drug-likeness (QED) is 0.871. The lowest BCUT2D eigenvalue weighted by atomic mass is 10.1. The Morgan fingerprint density at radius 3 is 2.74 bits per heavy atom. The number of hydrogen-bond donors (Lipinski definition) is 2. The van der Waals surface area contributed by atoms with Crippen molar-refractivity contribution in [3.8, 4) is 5.75 Å². The first-order valence-corrected chi connectivity index (χ1v) is 6.89. The summed E-state index contributed by atoms with van der Waals surface area (Å²) in [5, 5.41) is 12.4. The molecule has 1 aliphatic rings. The van der Waals surface area contributed by atoms with Gasteiger partial charge >= 0.3 is 0 Å². The maximum atomic E-state index is 12.1. The molecule has 0 radical (unpaired) electrons. The second-order valence-electron chi connectivity index (χ2n) is 5.38. The van der Waals surface area contributed by atoms with E-state index in [0.29, 0.717) is 5.56 Å². The Kier molecular flexibility index (Phi) is 4.43. The molecule has 19 heavy (non-hydrogen) atoms. The summed E-state index contributed by atoms with van der Waals surface area (Å²) in [5.41, 5.74) is 1.43. The van der Waals surface area contributed by atoms with Crippen molar-refractivity contribution in [1.29, 1.82) is 0 Å². The average molecular weight is 262 g/mol. The highest BCUT2D eigenvalue weighted by Crippen LogP contribution is 2.15. The molecule has 1 amide bonds. The molecule has 104 valence electrons. The number of amides is 1. The van der Waals surface area contributed by atoms with Gasteiger partial charge in [-0.15, -0.1) is 0 Å². The smallest absolute Gasteiger partial charge is 0.251 e. The van der Waals surface area contributed by atoms with Gasteiger partial charge in [-0.1, -0.05) is 0 Å². The van der Waals surface area contributed by atoms with Crippen LogP contribution in [0.25, 0.3) is 0 Å². The molecule has 1 saturated heterocycles. The molecule has 0 saturated carbocycles. The second kappa shape index (κ2) is 6.06. The first-order valence-electron chi connectivity index (χ1n) is 6.89. The number of nitrogens with zero attached hydrogens (tertiary/aromatic N) is 1. The lowest BCUT2D eigenvalue weighted by Gasteiger charge is -2.21. The highest BCUT2D eigenvalue weighted by molar-refractivity contribution is 5.95. The van der Waals surface area contributed by atoms with E-state index in [-0.39, 0.29) is 17.7 Å². The van der Waals surface area contributed by atoms with Crippen molar-refractivity contribution < 1.29 is 9.90 Å². The van der Waals surface area contributed by atoms with Crippen molar-refractivity contribution in [3.05, 3.63) is 29.3 Å². The number of rotatable bonds is 4. The van der Waals surface area contributed by atoms with E-state index in [1.54, 1.807) is 18.2 Å². The number of hydrogen-bond acceptors (Lipinski definition) is 3. The fraction of sp³-hybridized carbons (Fsp3) is 0.533. The molecule has 0 spiro atoms. The van der Waals surface area contributed by atoms with Crippen molar-refractivity contribution >= 4 is 5.91 Å². The largest absolute Gasteiger partial charge is 0.508 e. The van der Waals surface area contributed by atoms with Crippen molar-refractivity contribution in [2.75, 3.05) is 19.6 Å². The van der Waals surface area contributed by atoms with E-state index in [2.05, 4.69) is 10.2 Å². The zero-order valence-corrected chi connectivity index (χ0v) is 11.6. The number of carbonyl (C=O) groups excluding carboxylic acids is 1. The summed E-state index contributed by atoms with van der Waals surface area (Å²) in [6, 6.07) is 4.97. The molecule has 1 aromatic rings. The first kappa shape index (κ1) is 13.9. The van der Waals surface area contributed by atoms with Crippen LogP contribution in [0.4, 0.5) is 0 Å². The Labute approximate surface area is 114 Å². The molecule has 1 atom stereocenters. The number of aromatic hydroxyl groups is 1. The van der Waals surface area contributed by atoms with Gasteiger partial charge < -0.3 is 15.3 Å². The predicted octanol–water partition coefficient (Wildman–Crippen LogP) is 1.91. The van der Waals surface area contributed by atoms with Gasteiger partial charge in [0.1, 0.15) is 5.75 Å². The Hall–Kier alpha value is -1.55. The van der Waals surface area contributed by atoms with Crippen LogP contribution in [0.3, 0.4) is 0 Å². The van der Waals surface area contributed by atoms with Crippen molar-refractivity contribution in [2.45, 2.75) is 32.7 Å². The average Bonchev–Trinajstić information content (AvgIpc) is 2.81. The molecule has 1 heterocycles. The SMILES string of the molecule is Cc1cc(O)ccc1C(=O)NC(C)CN1CCCC1. The summed E-state index contributed by atoms with van der Waals surface area (Å²) < 4.78 is 0. The van der Waals surface area contributed by atoms with Crippen LogP contribution in [-0.4, -0.2) is 41.6 Å². The Bertz CT molecular complexity index is 453. The Balaban J connectivity index is 1.92. The van der Waals surface area contributed by atoms with Crippen LogP contribution < -0.4 is 5.32 Å².